The van der Waals surface area contributed by atoms with Gasteiger partial charge in [0.25, 0.3) is 0 Å². The molecule has 1 unspecified atom stereocenters. The summed E-state index contributed by atoms with van der Waals surface area (Å²) in [6.07, 6.45) is 2.79. The van der Waals surface area contributed by atoms with Crippen molar-refractivity contribution in [3.8, 4) is 0 Å². The van der Waals surface area contributed by atoms with Crippen molar-refractivity contribution >= 4 is 5.78 Å². The highest BCUT2D eigenvalue weighted by atomic mass is 16.3. The third kappa shape index (κ3) is 2.97. The molecule has 0 saturated heterocycles. The van der Waals surface area contributed by atoms with Gasteiger partial charge < -0.3 is 5.11 Å². The maximum absolute atomic E-state index is 10.9. The van der Waals surface area contributed by atoms with Crippen molar-refractivity contribution in [3.05, 3.63) is 0 Å². The van der Waals surface area contributed by atoms with E-state index in [0.717, 1.165) is 19.3 Å². The van der Waals surface area contributed by atoms with Gasteiger partial charge in [-0.1, -0.05) is 20.3 Å². The fraction of sp³-hybridized carbons (Fsp3) is 0.875. The highest BCUT2D eigenvalue weighted by molar-refractivity contribution is 5.81. The van der Waals surface area contributed by atoms with Gasteiger partial charge in [-0.05, 0) is 12.8 Å². The largest absolute Gasteiger partial charge is 0.389 e. The molecule has 0 saturated carbocycles. The summed E-state index contributed by atoms with van der Waals surface area (Å²) >= 11 is 0. The molecule has 0 bridgehead atoms. The Morgan fingerprint density at radius 3 is 2.40 bits per heavy atom. The van der Waals surface area contributed by atoms with Gasteiger partial charge in [0.1, 0.15) is 6.61 Å². The van der Waals surface area contributed by atoms with E-state index < -0.39 is 0 Å². The van der Waals surface area contributed by atoms with Crippen LogP contribution in [0, 0.1) is 5.92 Å². The average molecular weight is 144 g/mol. The molecule has 0 spiro atoms. The number of Topliss-reactive ketones (excluding diaryl/α,β-unsaturated/α-hetero) is 1. The van der Waals surface area contributed by atoms with E-state index >= 15 is 0 Å². The molecule has 0 aromatic heterocycles. The smallest absolute Gasteiger partial charge is 0.161 e. The van der Waals surface area contributed by atoms with E-state index in [-0.39, 0.29) is 18.3 Å². The normalized spacial score (nSPS) is 13.1. The van der Waals surface area contributed by atoms with Crippen molar-refractivity contribution in [2.24, 2.45) is 5.92 Å². The molecule has 1 N–H and O–H groups in total. The maximum atomic E-state index is 10.9. The van der Waals surface area contributed by atoms with Crippen LogP contribution in [0.1, 0.15) is 33.1 Å². The van der Waals surface area contributed by atoms with E-state index in [1.807, 2.05) is 13.8 Å². The summed E-state index contributed by atoms with van der Waals surface area (Å²) in [7, 11) is 0. The van der Waals surface area contributed by atoms with Crippen LogP contribution < -0.4 is 0 Å². The van der Waals surface area contributed by atoms with E-state index in [1.165, 1.54) is 0 Å². The number of aliphatic hydroxyl groups is 1. The minimum atomic E-state index is -0.293. The van der Waals surface area contributed by atoms with Gasteiger partial charge in [-0.3, -0.25) is 4.79 Å². The summed E-state index contributed by atoms with van der Waals surface area (Å²) in [5, 5.41) is 8.51. The Labute approximate surface area is 62.2 Å². The first-order valence-corrected chi connectivity index (χ1v) is 3.89. The van der Waals surface area contributed by atoms with Crippen LogP contribution >= 0.6 is 0 Å². The van der Waals surface area contributed by atoms with Crippen LogP contribution in [0.15, 0.2) is 0 Å². The molecular formula is C8H16O2. The Bertz CT molecular complexity index is 99.4. The summed E-state index contributed by atoms with van der Waals surface area (Å²) in [5.41, 5.74) is 0. The predicted molar refractivity (Wildman–Crippen MR) is 40.8 cm³/mol. The highest BCUT2D eigenvalue weighted by Crippen LogP contribution is 2.10. The predicted octanol–water partition coefficient (Wildman–Crippen LogP) is 1.37. The summed E-state index contributed by atoms with van der Waals surface area (Å²) in [5.74, 6) is 0.0827. The minimum absolute atomic E-state index is 0.00986. The Balaban J connectivity index is 3.68. The van der Waals surface area contributed by atoms with Crippen molar-refractivity contribution in [1.82, 2.24) is 0 Å². The Morgan fingerprint density at radius 2 is 2.10 bits per heavy atom. The average Bonchev–Trinajstić information content (AvgIpc) is 1.99. The molecule has 2 nitrogen and oxygen atoms in total. The number of rotatable bonds is 5. The topological polar surface area (TPSA) is 37.3 Å². The molecule has 2 heteroatoms. The Kier molecular flexibility index (Phi) is 5.22. The van der Waals surface area contributed by atoms with Crippen molar-refractivity contribution in [1.29, 1.82) is 0 Å². The van der Waals surface area contributed by atoms with E-state index in [4.69, 9.17) is 5.11 Å². The van der Waals surface area contributed by atoms with Gasteiger partial charge in [0.05, 0.1) is 0 Å². The second kappa shape index (κ2) is 5.42. The summed E-state index contributed by atoms with van der Waals surface area (Å²) < 4.78 is 0. The standard InChI is InChI=1S/C8H16O2/c1-3-5-7(4-2)8(10)6-9/h7,9H,3-6H2,1-2H3. The molecule has 0 aliphatic rings. The molecule has 0 aliphatic heterocycles. The fourth-order valence-electron chi connectivity index (χ4n) is 1.07. The van der Waals surface area contributed by atoms with E-state index in [9.17, 15) is 4.79 Å². The first-order chi connectivity index (χ1) is 4.76. The second-order valence-corrected chi connectivity index (χ2v) is 2.52. The lowest BCUT2D eigenvalue weighted by Gasteiger charge is -2.09. The zero-order chi connectivity index (χ0) is 7.98. The monoisotopic (exact) mass is 144 g/mol. The molecule has 0 heterocycles. The Morgan fingerprint density at radius 1 is 1.50 bits per heavy atom. The molecule has 60 valence electrons. The van der Waals surface area contributed by atoms with Gasteiger partial charge in [-0.15, -0.1) is 0 Å². The SMILES string of the molecule is CCCC(CC)C(=O)CO. The lowest BCUT2D eigenvalue weighted by Crippen LogP contribution is -2.16. The number of aliphatic hydroxyl groups excluding tert-OH is 1. The third-order valence-corrected chi connectivity index (χ3v) is 1.74. The number of hydrogen-bond acceptors (Lipinski definition) is 2. The second-order valence-electron chi connectivity index (χ2n) is 2.52. The highest BCUT2D eigenvalue weighted by Gasteiger charge is 2.12. The van der Waals surface area contributed by atoms with Crippen LogP contribution in [-0.2, 0) is 4.79 Å². The summed E-state index contributed by atoms with van der Waals surface area (Å²) in [6.45, 7) is 3.74. The van der Waals surface area contributed by atoms with Crippen LogP contribution in [0.5, 0.6) is 0 Å². The summed E-state index contributed by atoms with van der Waals surface area (Å²) in [6, 6.07) is 0. The minimum Gasteiger partial charge on any atom is -0.389 e. The number of ketones is 1. The molecule has 0 fully saturated rings. The molecule has 10 heavy (non-hydrogen) atoms. The molecule has 0 aromatic carbocycles. The van der Waals surface area contributed by atoms with E-state index in [0.29, 0.717) is 0 Å². The van der Waals surface area contributed by atoms with Crippen LogP contribution in [0.2, 0.25) is 0 Å². The lowest BCUT2D eigenvalue weighted by atomic mass is 9.96. The van der Waals surface area contributed by atoms with Crippen molar-refractivity contribution in [2.75, 3.05) is 6.61 Å². The lowest BCUT2D eigenvalue weighted by molar-refractivity contribution is -0.125. The Hall–Kier alpha value is -0.370. The van der Waals surface area contributed by atoms with E-state index in [2.05, 4.69) is 0 Å². The molecule has 0 radical (unpaired) electrons. The molecule has 0 aliphatic carbocycles. The number of carbonyl (C=O) groups is 1. The quantitative estimate of drug-likeness (QED) is 0.632. The maximum Gasteiger partial charge on any atom is 0.161 e. The van der Waals surface area contributed by atoms with Crippen molar-refractivity contribution in [2.45, 2.75) is 33.1 Å². The zero-order valence-electron chi connectivity index (χ0n) is 6.76. The van der Waals surface area contributed by atoms with Crippen LogP contribution in [0.4, 0.5) is 0 Å². The van der Waals surface area contributed by atoms with Gasteiger partial charge in [-0.2, -0.15) is 0 Å². The van der Waals surface area contributed by atoms with Crippen LogP contribution in [0.25, 0.3) is 0 Å². The number of hydrogen-bond donors (Lipinski definition) is 1. The van der Waals surface area contributed by atoms with Crippen molar-refractivity contribution < 1.29 is 9.90 Å². The first kappa shape index (κ1) is 9.63. The molecular weight excluding hydrogens is 128 g/mol. The zero-order valence-corrected chi connectivity index (χ0v) is 6.76. The molecule has 1 atom stereocenters. The van der Waals surface area contributed by atoms with E-state index in [1.54, 1.807) is 0 Å². The number of carbonyl (C=O) groups excluding carboxylic acids is 1. The van der Waals surface area contributed by atoms with Crippen LogP contribution in [0.3, 0.4) is 0 Å². The molecule has 0 amide bonds. The molecule has 0 rings (SSSR count). The van der Waals surface area contributed by atoms with Gasteiger partial charge in [0.2, 0.25) is 0 Å². The summed E-state index contributed by atoms with van der Waals surface area (Å²) in [4.78, 5) is 10.9. The molecule has 0 aromatic rings. The fourth-order valence-corrected chi connectivity index (χ4v) is 1.07. The van der Waals surface area contributed by atoms with Gasteiger partial charge in [0.15, 0.2) is 5.78 Å². The van der Waals surface area contributed by atoms with Crippen LogP contribution in [-0.4, -0.2) is 17.5 Å². The van der Waals surface area contributed by atoms with Crippen molar-refractivity contribution in [3.63, 3.8) is 0 Å². The third-order valence-electron chi connectivity index (χ3n) is 1.74. The van der Waals surface area contributed by atoms with Gasteiger partial charge >= 0.3 is 0 Å². The first-order valence-electron chi connectivity index (χ1n) is 3.89. The van der Waals surface area contributed by atoms with Gasteiger partial charge in [-0.25, -0.2) is 0 Å². The van der Waals surface area contributed by atoms with Gasteiger partial charge in [0, 0.05) is 5.92 Å².